The van der Waals surface area contributed by atoms with Crippen LogP contribution in [0.1, 0.15) is 49.8 Å². The Balaban J connectivity index is 1.54. The summed E-state index contributed by atoms with van der Waals surface area (Å²) in [6, 6.07) is 29.1. The first kappa shape index (κ1) is 27.7. The van der Waals surface area contributed by atoms with E-state index in [2.05, 4.69) is 53.1 Å². The highest BCUT2D eigenvalue weighted by Gasteiger charge is 2.26. The summed E-state index contributed by atoms with van der Waals surface area (Å²) in [6.07, 6.45) is 5.32. The number of rotatable bonds is 8. The smallest absolute Gasteiger partial charge is 0.220 e. The predicted octanol–water partition coefficient (Wildman–Crippen LogP) is 5.84. The van der Waals surface area contributed by atoms with Crippen LogP contribution in [0, 0.1) is 11.3 Å². The molecule has 1 aliphatic carbocycles. The molecule has 0 saturated heterocycles. The number of carbonyl (C=O) groups excluding carboxylic acids is 1. The van der Waals surface area contributed by atoms with Crippen molar-refractivity contribution in [2.75, 3.05) is 0 Å². The molecule has 1 saturated carbocycles. The van der Waals surface area contributed by atoms with E-state index in [-0.39, 0.29) is 24.0 Å². The van der Waals surface area contributed by atoms with Crippen LogP contribution in [0.4, 0.5) is 0 Å². The molecule has 0 aliphatic heterocycles. The number of fused-ring (bicyclic) bond motifs is 1. The Hall–Kier alpha value is -4.49. The molecule has 5 aromatic rings. The van der Waals surface area contributed by atoms with Crippen molar-refractivity contribution >= 4 is 16.9 Å². The zero-order valence-electron chi connectivity index (χ0n) is 23.9. The van der Waals surface area contributed by atoms with Gasteiger partial charge in [-0.1, -0.05) is 91.9 Å². The number of amides is 1. The number of hydrogen-bond acceptors (Lipinski definition) is 4. The van der Waals surface area contributed by atoms with Crippen LogP contribution >= 0.6 is 0 Å². The molecule has 7 heteroatoms. The molecule has 0 spiro atoms. The number of nitrogens with zero attached hydrogens (tertiary/aromatic N) is 3. The second kappa shape index (κ2) is 11.8. The first-order valence-corrected chi connectivity index (χ1v) is 14.7. The molecule has 4 N–H and O–H groups in total. The van der Waals surface area contributed by atoms with Crippen molar-refractivity contribution in [3.05, 3.63) is 108 Å². The number of primary amides is 1. The van der Waals surface area contributed by atoms with Crippen molar-refractivity contribution in [2.24, 2.45) is 11.7 Å². The van der Waals surface area contributed by atoms with E-state index < -0.39 is 0 Å². The van der Waals surface area contributed by atoms with Gasteiger partial charge in [0.2, 0.25) is 5.91 Å². The van der Waals surface area contributed by atoms with Gasteiger partial charge in [0.05, 0.1) is 23.5 Å². The van der Waals surface area contributed by atoms with Crippen molar-refractivity contribution in [1.29, 1.82) is 5.41 Å². The highest BCUT2D eigenvalue weighted by atomic mass is 16.3. The van der Waals surface area contributed by atoms with Crippen LogP contribution in [0.5, 0.6) is 0 Å². The standard InChI is InChI=1S/C35H37N5O2/c1-23(34(37)42)20-24-12-14-25(15-13-24)21-39-32(27-10-6-3-7-11-27)30(26-8-4-2-5-9-26)31-33(36)40(22-38-35(31)39)28-16-18-29(41)19-17-28/h2-15,22-23,28-29,36,41H,16-21H2,1H3,(H2,37,42)/t23?,28-,29-. The summed E-state index contributed by atoms with van der Waals surface area (Å²) in [5.41, 5.74) is 13.0. The van der Waals surface area contributed by atoms with Gasteiger partial charge in [-0.2, -0.15) is 0 Å². The molecule has 1 unspecified atom stereocenters. The molecule has 42 heavy (non-hydrogen) atoms. The van der Waals surface area contributed by atoms with Crippen molar-refractivity contribution in [2.45, 2.75) is 57.7 Å². The number of hydrogen-bond donors (Lipinski definition) is 3. The minimum Gasteiger partial charge on any atom is -0.393 e. The molecule has 2 aromatic heterocycles. The number of aliphatic hydroxyl groups is 1. The number of aromatic nitrogens is 3. The fourth-order valence-electron chi connectivity index (χ4n) is 6.24. The van der Waals surface area contributed by atoms with Crippen molar-refractivity contribution in [3.8, 4) is 22.4 Å². The Morgan fingerprint density at radius 2 is 1.52 bits per heavy atom. The second-order valence-corrected chi connectivity index (χ2v) is 11.5. The topological polar surface area (TPSA) is 110 Å². The van der Waals surface area contributed by atoms with Gasteiger partial charge in [-0.25, -0.2) is 4.98 Å². The van der Waals surface area contributed by atoms with Gasteiger partial charge in [-0.05, 0) is 54.4 Å². The van der Waals surface area contributed by atoms with Crippen molar-refractivity contribution in [3.63, 3.8) is 0 Å². The second-order valence-electron chi connectivity index (χ2n) is 11.5. The Kier molecular flexibility index (Phi) is 7.76. The molecule has 214 valence electrons. The Bertz CT molecular complexity index is 1750. The van der Waals surface area contributed by atoms with Gasteiger partial charge in [-0.3, -0.25) is 10.2 Å². The van der Waals surface area contributed by atoms with E-state index in [9.17, 15) is 15.3 Å². The van der Waals surface area contributed by atoms with Gasteiger partial charge < -0.3 is 20.0 Å². The zero-order valence-corrected chi connectivity index (χ0v) is 23.9. The van der Waals surface area contributed by atoms with Crippen LogP contribution in [0.25, 0.3) is 33.4 Å². The lowest BCUT2D eigenvalue weighted by Crippen LogP contribution is -2.29. The Morgan fingerprint density at radius 1 is 0.929 bits per heavy atom. The molecule has 1 aliphatic rings. The van der Waals surface area contributed by atoms with Gasteiger partial charge in [0, 0.05) is 24.1 Å². The first-order chi connectivity index (χ1) is 20.4. The van der Waals surface area contributed by atoms with E-state index >= 15 is 0 Å². The van der Waals surface area contributed by atoms with E-state index in [1.54, 1.807) is 0 Å². The number of carbonyl (C=O) groups is 1. The SMILES string of the molecule is CC(Cc1ccc(Cn2c(-c3ccccc3)c(-c3ccccc3)c3c(=N)n([C@H]4CC[C@H](O)CC4)cnc32)cc1)C(N)=O. The van der Waals surface area contributed by atoms with Crippen LogP contribution in [0.2, 0.25) is 0 Å². The van der Waals surface area contributed by atoms with Crippen LogP contribution in [-0.2, 0) is 17.8 Å². The van der Waals surface area contributed by atoms with Gasteiger partial charge in [0.1, 0.15) is 11.1 Å². The third kappa shape index (κ3) is 5.40. The van der Waals surface area contributed by atoms with Gasteiger partial charge in [0.25, 0.3) is 0 Å². The van der Waals surface area contributed by atoms with Crippen LogP contribution in [0.15, 0.2) is 91.3 Å². The largest absolute Gasteiger partial charge is 0.393 e. The molecular formula is C35H37N5O2. The molecular weight excluding hydrogens is 522 g/mol. The Morgan fingerprint density at radius 3 is 2.14 bits per heavy atom. The summed E-state index contributed by atoms with van der Waals surface area (Å²) in [4.78, 5) is 16.6. The number of nitrogens with two attached hydrogens (primary N) is 1. The fraction of sp³-hybridized carbons (Fsp3) is 0.286. The maximum atomic E-state index is 11.6. The summed E-state index contributed by atoms with van der Waals surface area (Å²) in [6.45, 7) is 2.43. The van der Waals surface area contributed by atoms with E-state index in [4.69, 9.17) is 10.7 Å². The van der Waals surface area contributed by atoms with Crippen LogP contribution < -0.4 is 11.2 Å². The maximum absolute atomic E-state index is 11.6. The highest BCUT2D eigenvalue weighted by Crippen LogP contribution is 2.40. The molecule has 6 rings (SSSR count). The average Bonchev–Trinajstić information content (AvgIpc) is 3.34. The Labute approximate surface area is 245 Å². The molecule has 1 fully saturated rings. The fourth-order valence-corrected chi connectivity index (χ4v) is 6.24. The molecule has 0 radical (unpaired) electrons. The molecule has 2 heterocycles. The van der Waals surface area contributed by atoms with E-state index in [1.807, 2.05) is 54.2 Å². The number of aliphatic hydroxyl groups excluding tert-OH is 1. The average molecular weight is 560 g/mol. The summed E-state index contributed by atoms with van der Waals surface area (Å²) < 4.78 is 4.25. The summed E-state index contributed by atoms with van der Waals surface area (Å²) >= 11 is 0. The predicted molar refractivity (Wildman–Crippen MR) is 166 cm³/mol. The third-order valence-electron chi connectivity index (χ3n) is 8.60. The van der Waals surface area contributed by atoms with Crippen molar-refractivity contribution in [1.82, 2.24) is 14.1 Å². The lowest BCUT2D eigenvalue weighted by Gasteiger charge is -2.27. The zero-order chi connectivity index (χ0) is 29.2. The monoisotopic (exact) mass is 559 g/mol. The van der Waals surface area contributed by atoms with E-state index in [0.717, 1.165) is 70.2 Å². The normalized spacial score (nSPS) is 17.8. The van der Waals surface area contributed by atoms with Crippen molar-refractivity contribution < 1.29 is 9.90 Å². The molecule has 7 nitrogen and oxygen atoms in total. The summed E-state index contributed by atoms with van der Waals surface area (Å²) in [7, 11) is 0. The summed E-state index contributed by atoms with van der Waals surface area (Å²) in [5, 5.41) is 20.4. The first-order valence-electron chi connectivity index (χ1n) is 14.7. The van der Waals surface area contributed by atoms with Gasteiger partial charge >= 0.3 is 0 Å². The highest BCUT2D eigenvalue weighted by molar-refractivity contribution is 6.02. The van der Waals surface area contributed by atoms with E-state index in [0.29, 0.717) is 18.5 Å². The molecule has 0 bridgehead atoms. The number of nitrogens with one attached hydrogen (secondary N) is 1. The molecule has 1 amide bonds. The lowest BCUT2D eigenvalue weighted by molar-refractivity contribution is -0.121. The lowest BCUT2D eigenvalue weighted by atomic mass is 9.93. The molecule has 3 aromatic carbocycles. The van der Waals surface area contributed by atoms with Gasteiger partial charge in [0.15, 0.2) is 0 Å². The minimum absolute atomic E-state index is 0.139. The van der Waals surface area contributed by atoms with Crippen LogP contribution in [0.3, 0.4) is 0 Å². The number of benzene rings is 3. The maximum Gasteiger partial charge on any atom is 0.220 e. The quantitative estimate of drug-likeness (QED) is 0.222. The minimum atomic E-state index is -0.294. The van der Waals surface area contributed by atoms with Gasteiger partial charge in [-0.15, -0.1) is 0 Å². The molecule has 1 atom stereocenters. The van der Waals surface area contributed by atoms with Crippen LogP contribution in [-0.4, -0.2) is 31.2 Å². The summed E-state index contributed by atoms with van der Waals surface area (Å²) in [5.74, 6) is -0.515. The third-order valence-corrected chi connectivity index (χ3v) is 8.60. The van der Waals surface area contributed by atoms with E-state index in [1.165, 1.54) is 0 Å².